The first-order valence-corrected chi connectivity index (χ1v) is 6.29. The van der Waals surface area contributed by atoms with Gasteiger partial charge in [-0.1, -0.05) is 0 Å². The van der Waals surface area contributed by atoms with Crippen LogP contribution in [0, 0.1) is 0 Å². The maximum atomic E-state index is 11.7. The van der Waals surface area contributed by atoms with Crippen LogP contribution in [0.5, 0.6) is 0 Å². The molecule has 0 aliphatic carbocycles. The van der Waals surface area contributed by atoms with Gasteiger partial charge in [-0.25, -0.2) is 4.98 Å². The third-order valence-corrected chi connectivity index (χ3v) is 3.36. The Bertz CT molecular complexity index is 580. The fourth-order valence-corrected chi connectivity index (χ4v) is 2.33. The number of hydrogen-bond acceptors (Lipinski definition) is 6. The van der Waals surface area contributed by atoms with Crippen LogP contribution in [0.2, 0.25) is 0 Å². The predicted octanol–water partition coefficient (Wildman–Crippen LogP) is 0.798. The molecule has 6 nitrogen and oxygen atoms in total. The van der Waals surface area contributed by atoms with Gasteiger partial charge in [0.1, 0.15) is 10.6 Å². The smallest absolute Gasteiger partial charge is 0.241 e. The van der Waals surface area contributed by atoms with E-state index < -0.39 is 0 Å². The van der Waals surface area contributed by atoms with Gasteiger partial charge in [-0.3, -0.25) is 4.79 Å². The maximum absolute atomic E-state index is 11.7. The van der Waals surface area contributed by atoms with Gasteiger partial charge in [-0.2, -0.15) is 4.98 Å². The normalized spacial score (nSPS) is 10.6. The molecule has 2 N–H and O–H groups in total. The molecule has 0 unspecified atom stereocenters. The lowest BCUT2D eigenvalue weighted by Gasteiger charge is -2.20. The SMILES string of the molecule is CN(C)C(=O)CN(C)c1nc(N)nc2sccc12. The largest absolute Gasteiger partial charge is 0.368 e. The molecule has 0 aromatic carbocycles. The molecule has 1 amide bonds. The van der Waals surface area contributed by atoms with Crippen molar-refractivity contribution in [3.8, 4) is 0 Å². The van der Waals surface area contributed by atoms with E-state index in [0.29, 0.717) is 5.82 Å². The van der Waals surface area contributed by atoms with Gasteiger partial charge in [0.2, 0.25) is 11.9 Å². The van der Waals surface area contributed by atoms with Crippen molar-refractivity contribution in [2.75, 3.05) is 38.3 Å². The molecule has 2 aromatic rings. The van der Waals surface area contributed by atoms with E-state index in [1.807, 2.05) is 18.5 Å². The number of thiophene rings is 1. The van der Waals surface area contributed by atoms with E-state index in [4.69, 9.17) is 5.73 Å². The number of rotatable bonds is 3. The van der Waals surface area contributed by atoms with Crippen LogP contribution in [0.3, 0.4) is 0 Å². The standard InChI is InChI=1S/C11H15N5OS/c1-15(2)8(17)6-16(3)9-7-4-5-18-10(7)14-11(12)13-9/h4-5H,6H2,1-3H3,(H2,12,13,14). The number of fused-ring (bicyclic) bond motifs is 1. The Balaban J connectivity index is 2.35. The minimum absolute atomic E-state index is 0.0121. The van der Waals surface area contributed by atoms with Gasteiger partial charge in [-0.15, -0.1) is 11.3 Å². The quantitative estimate of drug-likeness (QED) is 0.888. The molecule has 0 bridgehead atoms. The first-order chi connectivity index (χ1) is 8.49. The van der Waals surface area contributed by atoms with Crippen LogP contribution in [-0.4, -0.2) is 48.5 Å². The van der Waals surface area contributed by atoms with Crippen LogP contribution in [0.15, 0.2) is 11.4 Å². The van der Waals surface area contributed by atoms with Gasteiger partial charge >= 0.3 is 0 Å². The summed E-state index contributed by atoms with van der Waals surface area (Å²) >= 11 is 1.51. The summed E-state index contributed by atoms with van der Waals surface area (Å²) in [4.78, 5) is 24.2. The van der Waals surface area contributed by atoms with Crippen LogP contribution in [0.1, 0.15) is 0 Å². The third kappa shape index (κ3) is 2.35. The predicted molar refractivity (Wildman–Crippen MR) is 73.8 cm³/mol. The lowest BCUT2D eigenvalue weighted by Crippen LogP contribution is -2.34. The van der Waals surface area contributed by atoms with Crippen molar-refractivity contribution < 1.29 is 4.79 Å². The van der Waals surface area contributed by atoms with E-state index in [2.05, 4.69) is 9.97 Å². The zero-order valence-electron chi connectivity index (χ0n) is 10.5. The molecule has 0 radical (unpaired) electrons. The van der Waals surface area contributed by atoms with Crippen molar-refractivity contribution in [3.63, 3.8) is 0 Å². The highest BCUT2D eigenvalue weighted by atomic mass is 32.1. The molecule has 0 saturated carbocycles. The topological polar surface area (TPSA) is 75.4 Å². The fourth-order valence-electron chi connectivity index (χ4n) is 1.57. The molecule has 0 saturated heterocycles. The summed E-state index contributed by atoms with van der Waals surface area (Å²) in [7, 11) is 5.27. The van der Waals surface area contributed by atoms with Gasteiger partial charge in [0.15, 0.2) is 0 Å². The van der Waals surface area contributed by atoms with Gasteiger partial charge in [0.25, 0.3) is 0 Å². The molecule has 0 spiro atoms. The lowest BCUT2D eigenvalue weighted by atomic mass is 10.3. The summed E-state index contributed by atoms with van der Waals surface area (Å²) in [5.41, 5.74) is 5.67. The van der Waals surface area contributed by atoms with Crippen molar-refractivity contribution in [3.05, 3.63) is 11.4 Å². The Morgan fingerprint density at radius 2 is 2.11 bits per heavy atom. The molecule has 2 rings (SSSR count). The second-order valence-corrected chi connectivity index (χ2v) is 5.08. The first kappa shape index (κ1) is 12.6. The number of nitrogens with zero attached hydrogens (tertiary/aromatic N) is 4. The van der Waals surface area contributed by atoms with E-state index in [-0.39, 0.29) is 18.4 Å². The van der Waals surface area contributed by atoms with Crippen molar-refractivity contribution in [2.24, 2.45) is 0 Å². The Morgan fingerprint density at radius 1 is 1.39 bits per heavy atom. The molecule has 0 aliphatic rings. The van der Waals surface area contributed by atoms with Crippen LogP contribution in [0.25, 0.3) is 10.2 Å². The Kier molecular flexibility index (Phi) is 3.33. The minimum Gasteiger partial charge on any atom is -0.368 e. The summed E-state index contributed by atoms with van der Waals surface area (Å²) in [6.07, 6.45) is 0. The summed E-state index contributed by atoms with van der Waals surface area (Å²) in [6, 6.07) is 1.94. The average Bonchev–Trinajstić information content (AvgIpc) is 2.75. The molecular formula is C11H15N5OS. The number of carbonyl (C=O) groups excluding carboxylic acids is 1. The second kappa shape index (κ2) is 4.77. The number of aromatic nitrogens is 2. The van der Waals surface area contributed by atoms with E-state index in [1.165, 1.54) is 11.3 Å². The zero-order chi connectivity index (χ0) is 13.3. The van der Waals surface area contributed by atoms with Gasteiger partial charge in [0.05, 0.1) is 11.9 Å². The maximum Gasteiger partial charge on any atom is 0.241 e. The Hall–Kier alpha value is -1.89. The van der Waals surface area contributed by atoms with Crippen LogP contribution < -0.4 is 10.6 Å². The summed E-state index contributed by atoms with van der Waals surface area (Å²) in [6.45, 7) is 0.258. The number of nitrogen functional groups attached to an aromatic ring is 1. The first-order valence-electron chi connectivity index (χ1n) is 5.41. The van der Waals surface area contributed by atoms with Crippen molar-refractivity contribution in [1.29, 1.82) is 0 Å². The molecule has 96 valence electrons. The molecule has 2 aromatic heterocycles. The van der Waals surface area contributed by atoms with Crippen molar-refractivity contribution >= 4 is 39.2 Å². The van der Waals surface area contributed by atoms with Gasteiger partial charge < -0.3 is 15.5 Å². The number of likely N-dealkylation sites (N-methyl/N-ethyl adjacent to an activating group) is 2. The number of nitrogens with two attached hydrogens (primary N) is 1. The molecule has 7 heteroatoms. The monoisotopic (exact) mass is 265 g/mol. The lowest BCUT2D eigenvalue weighted by molar-refractivity contribution is -0.127. The van der Waals surface area contributed by atoms with E-state index in [9.17, 15) is 4.79 Å². The van der Waals surface area contributed by atoms with E-state index in [0.717, 1.165) is 10.2 Å². The summed E-state index contributed by atoms with van der Waals surface area (Å²) in [5.74, 6) is 0.927. The van der Waals surface area contributed by atoms with Crippen molar-refractivity contribution in [2.45, 2.75) is 0 Å². The molecular weight excluding hydrogens is 250 g/mol. The molecule has 0 fully saturated rings. The number of amides is 1. The molecule has 2 heterocycles. The van der Waals surface area contributed by atoms with Gasteiger partial charge in [-0.05, 0) is 11.4 Å². The summed E-state index contributed by atoms with van der Waals surface area (Å²) < 4.78 is 0. The van der Waals surface area contributed by atoms with Crippen molar-refractivity contribution in [1.82, 2.24) is 14.9 Å². The zero-order valence-corrected chi connectivity index (χ0v) is 11.4. The highest BCUT2D eigenvalue weighted by Crippen LogP contribution is 2.27. The van der Waals surface area contributed by atoms with E-state index in [1.54, 1.807) is 23.9 Å². The fraction of sp³-hybridized carbons (Fsp3) is 0.364. The van der Waals surface area contributed by atoms with Crippen LogP contribution in [0.4, 0.5) is 11.8 Å². The molecule has 18 heavy (non-hydrogen) atoms. The highest BCUT2D eigenvalue weighted by Gasteiger charge is 2.15. The third-order valence-electron chi connectivity index (χ3n) is 2.56. The summed E-state index contributed by atoms with van der Waals surface area (Å²) in [5, 5.41) is 2.85. The highest BCUT2D eigenvalue weighted by molar-refractivity contribution is 7.16. The minimum atomic E-state index is 0.0121. The number of anilines is 2. The van der Waals surface area contributed by atoms with E-state index >= 15 is 0 Å². The number of hydrogen-bond donors (Lipinski definition) is 1. The Labute approximate surface area is 109 Å². The molecule has 0 aliphatic heterocycles. The molecule has 0 atom stereocenters. The van der Waals surface area contributed by atoms with Crippen LogP contribution >= 0.6 is 11.3 Å². The van der Waals surface area contributed by atoms with Crippen LogP contribution in [-0.2, 0) is 4.79 Å². The Morgan fingerprint density at radius 3 is 2.78 bits per heavy atom. The number of carbonyl (C=O) groups is 1. The average molecular weight is 265 g/mol. The second-order valence-electron chi connectivity index (χ2n) is 4.19. The van der Waals surface area contributed by atoms with Gasteiger partial charge in [0, 0.05) is 21.1 Å².